The van der Waals surface area contributed by atoms with Gasteiger partial charge in [-0.15, -0.1) is 0 Å². The van der Waals surface area contributed by atoms with Gasteiger partial charge in [-0.2, -0.15) is 0 Å². The standard InChI is InChI=1S/C20H16O5/c1-12-9-20(23)25-19-11-17(22)15(10-14(12)19)16(21)8-7-13-5-3-4-6-18(13)24-2/h3-11,22H,1-2H3/b8-7+. The first-order valence-corrected chi connectivity index (χ1v) is 7.62. The van der Waals surface area contributed by atoms with Crippen molar-refractivity contribution >= 4 is 22.8 Å². The van der Waals surface area contributed by atoms with Crippen molar-refractivity contribution in [2.24, 2.45) is 0 Å². The van der Waals surface area contributed by atoms with Crippen molar-refractivity contribution < 1.29 is 19.1 Å². The van der Waals surface area contributed by atoms with Crippen LogP contribution >= 0.6 is 0 Å². The van der Waals surface area contributed by atoms with Crippen LogP contribution in [0.25, 0.3) is 17.0 Å². The van der Waals surface area contributed by atoms with Gasteiger partial charge in [0.1, 0.15) is 17.1 Å². The van der Waals surface area contributed by atoms with Crippen LogP contribution in [0.1, 0.15) is 21.5 Å². The van der Waals surface area contributed by atoms with Crippen LogP contribution < -0.4 is 10.4 Å². The Morgan fingerprint density at radius 1 is 1.20 bits per heavy atom. The van der Waals surface area contributed by atoms with E-state index in [2.05, 4.69) is 0 Å². The number of methoxy groups -OCH3 is 1. The van der Waals surface area contributed by atoms with Crippen molar-refractivity contribution in [3.8, 4) is 11.5 Å². The van der Waals surface area contributed by atoms with E-state index in [1.807, 2.05) is 18.2 Å². The number of benzene rings is 2. The van der Waals surface area contributed by atoms with Crippen LogP contribution in [-0.2, 0) is 0 Å². The molecule has 3 rings (SSSR count). The molecule has 1 heterocycles. The Kier molecular flexibility index (Phi) is 4.39. The van der Waals surface area contributed by atoms with Gasteiger partial charge in [0.2, 0.25) is 0 Å². The van der Waals surface area contributed by atoms with Crippen molar-refractivity contribution in [1.82, 2.24) is 0 Å². The van der Waals surface area contributed by atoms with Gasteiger partial charge in [-0.3, -0.25) is 4.79 Å². The predicted molar refractivity (Wildman–Crippen MR) is 95.2 cm³/mol. The van der Waals surface area contributed by atoms with Gasteiger partial charge in [0, 0.05) is 23.1 Å². The third kappa shape index (κ3) is 3.30. The van der Waals surface area contributed by atoms with E-state index in [0.717, 1.165) is 5.56 Å². The van der Waals surface area contributed by atoms with Gasteiger partial charge in [-0.1, -0.05) is 18.2 Å². The van der Waals surface area contributed by atoms with Crippen molar-refractivity contribution in [3.05, 3.63) is 75.7 Å². The molecule has 0 unspecified atom stereocenters. The number of ether oxygens (including phenoxy) is 1. The molecule has 0 aliphatic rings. The van der Waals surface area contributed by atoms with Crippen LogP contribution in [0.5, 0.6) is 11.5 Å². The number of rotatable bonds is 4. The van der Waals surface area contributed by atoms with Gasteiger partial charge >= 0.3 is 5.63 Å². The maximum Gasteiger partial charge on any atom is 0.336 e. The molecule has 5 heteroatoms. The molecular weight excluding hydrogens is 320 g/mol. The van der Waals surface area contributed by atoms with E-state index in [4.69, 9.17) is 9.15 Å². The van der Waals surface area contributed by atoms with Gasteiger partial charge < -0.3 is 14.3 Å². The molecule has 0 amide bonds. The lowest BCUT2D eigenvalue weighted by molar-refractivity contribution is 0.104. The van der Waals surface area contributed by atoms with Gasteiger partial charge in [-0.05, 0) is 36.8 Å². The van der Waals surface area contributed by atoms with Crippen LogP contribution in [0.15, 0.2) is 57.8 Å². The highest BCUT2D eigenvalue weighted by molar-refractivity contribution is 6.10. The van der Waals surface area contributed by atoms with Crippen LogP contribution in [0.4, 0.5) is 0 Å². The third-order valence-corrected chi connectivity index (χ3v) is 3.89. The molecule has 126 valence electrons. The van der Waals surface area contributed by atoms with Gasteiger partial charge in [-0.25, -0.2) is 4.79 Å². The topological polar surface area (TPSA) is 76.7 Å². The average Bonchev–Trinajstić information content (AvgIpc) is 2.59. The van der Waals surface area contributed by atoms with Gasteiger partial charge in [0.25, 0.3) is 0 Å². The minimum Gasteiger partial charge on any atom is -0.507 e. The second-order valence-electron chi connectivity index (χ2n) is 5.55. The van der Waals surface area contributed by atoms with Crippen LogP contribution in [-0.4, -0.2) is 18.0 Å². The van der Waals surface area contributed by atoms with Crippen LogP contribution in [0.3, 0.4) is 0 Å². The molecule has 0 saturated heterocycles. The van der Waals surface area contributed by atoms with Crippen molar-refractivity contribution in [1.29, 1.82) is 0 Å². The molecule has 0 aliphatic heterocycles. The first kappa shape index (κ1) is 16.5. The van der Waals surface area contributed by atoms with E-state index in [-0.39, 0.29) is 22.7 Å². The number of phenolic OH excluding ortho intramolecular Hbond substituents is 1. The molecule has 0 aliphatic carbocycles. The number of aromatic hydroxyl groups is 1. The molecule has 0 spiro atoms. The monoisotopic (exact) mass is 336 g/mol. The molecule has 3 aromatic rings. The Hall–Kier alpha value is -3.34. The van der Waals surface area contributed by atoms with Crippen molar-refractivity contribution in [2.45, 2.75) is 6.92 Å². The third-order valence-electron chi connectivity index (χ3n) is 3.89. The molecule has 1 N–H and O–H groups in total. The largest absolute Gasteiger partial charge is 0.507 e. The normalized spacial score (nSPS) is 11.1. The maximum atomic E-state index is 12.5. The zero-order valence-electron chi connectivity index (χ0n) is 13.8. The number of para-hydroxylation sites is 1. The lowest BCUT2D eigenvalue weighted by Crippen LogP contribution is -2.00. The Bertz CT molecular complexity index is 1040. The Morgan fingerprint density at radius 2 is 1.96 bits per heavy atom. The minimum atomic E-state index is -0.500. The number of carbonyl (C=O) groups is 1. The van der Waals surface area contributed by atoms with Crippen molar-refractivity contribution in [2.75, 3.05) is 7.11 Å². The molecule has 1 aromatic heterocycles. The lowest BCUT2D eigenvalue weighted by Gasteiger charge is -2.06. The number of ketones is 1. The van der Waals surface area contributed by atoms with E-state index >= 15 is 0 Å². The molecular formula is C20H16O5. The lowest BCUT2D eigenvalue weighted by atomic mass is 10.0. The van der Waals surface area contributed by atoms with Crippen molar-refractivity contribution in [3.63, 3.8) is 0 Å². The summed E-state index contributed by atoms with van der Waals surface area (Å²) in [5.74, 6) is 0.0405. The second kappa shape index (κ2) is 6.65. The zero-order chi connectivity index (χ0) is 18.0. The number of hydrogen-bond acceptors (Lipinski definition) is 5. The molecule has 0 saturated carbocycles. The van der Waals surface area contributed by atoms with E-state index in [1.165, 1.54) is 24.3 Å². The molecule has 0 radical (unpaired) electrons. The van der Waals surface area contributed by atoms with Gasteiger partial charge in [0.05, 0.1) is 12.7 Å². The van der Waals surface area contributed by atoms with E-state index in [0.29, 0.717) is 16.7 Å². The first-order valence-electron chi connectivity index (χ1n) is 7.62. The summed E-state index contributed by atoms with van der Waals surface area (Å²) in [6.07, 6.45) is 3.00. The van der Waals surface area contributed by atoms with E-state index in [1.54, 1.807) is 26.2 Å². The smallest absolute Gasteiger partial charge is 0.336 e. The number of phenols is 1. The first-order chi connectivity index (χ1) is 12.0. The highest BCUT2D eigenvalue weighted by Crippen LogP contribution is 2.27. The van der Waals surface area contributed by atoms with Crippen LogP contribution in [0.2, 0.25) is 0 Å². The summed E-state index contributed by atoms with van der Waals surface area (Å²) in [6.45, 7) is 1.75. The second-order valence-corrected chi connectivity index (χ2v) is 5.55. The summed E-state index contributed by atoms with van der Waals surface area (Å²) >= 11 is 0. The molecule has 0 bridgehead atoms. The fraction of sp³-hybridized carbons (Fsp3) is 0.100. The fourth-order valence-corrected chi connectivity index (χ4v) is 2.61. The highest BCUT2D eigenvalue weighted by atomic mass is 16.5. The van der Waals surface area contributed by atoms with Gasteiger partial charge in [0.15, 0.2) is 5.78 Å². The predicted octanol–water partition coefficient (Wildman–Crippen LogP) is 3.71. The number of fused-ring (bicyclic) bond motifs is 1. The highest BCUT2D eigenvalue weighted by Gasteiger charge is 2.13. The summed E-state index contributed by atoms with van der Waals surface area (Å²) < 4.78 is 10.3. The number of carbonyl (C=O) groups excluding carboxylic acids is 1. The summed E-state index contributed by atoms with van der Waals surface area (Å²) in [5.41, 5.74) is 1.30. The summed E-state index contributed by atoms with van der Waals surface area (Å²) in [4.78, 5) is 23.9. The summed E-state index contributed by atoms with van der Waals surface area (Å²) in [5, 5.41) is 10.7. The number of aryl methyl sites for hydroxylation is 1. The fourth-order valence-electron chi connectivity index (χ4n) is 2.61. The molecule has 0 fully saturated rings. The Labute approximate surface area is 143 Å². The summed E-state index contributed by atoms with van der Waals surface area (Å²) in [7, 11) is 1.56. The molecule has 2 aromatic carbocycles. The number of allylic oxidation sites excluding steroid dienone is 1. The van der Waals surface area contributed by atoms with Crippen LogP contribution in [0, 0.1) is 6.92 Å². The molecule has 5 nitrogen and oxygen atoms in total. The number of hydrogen-bond donors (Lipinski definition) is 1. The Morgan fingerprint density at radius 3 is 2.72 bits per heavy atom. The van der Waals surface area contributed by atoms with E-state index in [9.17, 15) is 14.7 Å². The molecule has 0 atom stereocenters. The Balaban J connectivity index is 2.01. The minimum absolute atomic E-state index is 0.135. The molecule has 25 heavy (non-hydrogen) atoms. The quantitative estimate of drug-likeness (QED) is 0.446. The average molecular weight is 336 g/mol. The maximum absolute atomic E-state index is 12.5. The summed E-state index contributed by atoms with van der Waals surface area (Å²) in [6, 6.07) is 11.4. The van der Waals surface area contributed by atoms with E-state index < -0.39 is 5.63 Å². The zero-order valence-corrected chi connectivity index (χ0v) is 13.8. The SMILES string of the molecule is COc1ccccc1/C=C/C(=O)c1cc2c(C)cc(=O)oc2cc1O.